The minimum absolute atomic E-state index is 0.0483. The SMILES string of the molecule is CCNC(=O)[C@H](CC)N(Cc1cccc(C)c1)C(=O)CCN1C(=O)c2ccccc2S1(=O)=O. The van der Waals surface area contributed by atoms with Gasteiger partial charge in [0.05, 0.1) is 5.56 Å². The lowest BCUT2D eigenvalue weighted by Gasteiger charge is -2.31. The Morgan fingerprint density at radius 3 is 2.45 bits per heavy atom. The molecule has 1 heterocycles. The molecule has 2 aromatic carbocycles. The van der Waals surface area contributed by atoms with E-state index in [9.17, 15) is 22.8 Å². The number of benzene rings is 2. The predicted octanol–water partition coefficient (Wildman–Crippen LogP) is 2.47. The van der Waals surface area contributed by atoms with Gasteiger partial charge in [-0.15, -0.1) is 0 Å². The molecule has 1 atom stereocenters. The zero-order valence-corrected chi connectivity index (χ0v) is 19.9. The van der Waals surface area contributed by atoms with Gasteiger partial charge in [-0.25, -0.2) is 12.7 Å². The van der Waals surface area contributed by atoms with Gasteiger partial charge in [0.1, 0.15) is 10.9 Å². The number of carbonyl (C=O) groups is 3. The van der Waals surface area contributed by atoms with Crippen LogP contribution in [0, 0.1) is 6.92 Å². The topological polar surface area (TPSA) is 104 Å². The second-order valence-corrected chi connectivity index (χ2v) is 9.79. The van der Waals surface area contributed by atoms with Crippen LogP contribution >= 0.6 is 0 Å². The standard InChI is InChI=1S/C24H29N3O5S/c1-4-20(23(29)25-5-2)26(16-18-10-8-9-17(3)15-18)22(28)13-14-27-24(30)19-11-6-7-12-21(19)33(27,31)32/h6-12,15,20H,4-5,13-14,16H2,1-3H3,(H,25,29)/t20-/m0/s1. The molecule has 0 unspecified atom stereocenters. The number of nitrogens with zero attached hydrogens (tertiary/aromatic N) is 2. The van der Waals surface area contributed by atoms with Crippen molar-refractivity contribution in [3.8, 4) is 0 Å². The maximum atomic E-state index is 13.3. The summed E-state index contributed by atoms with van der Waals surface area (Å²) in [5.41, 5.74) is 2.00. The van der Waals surface area contributed by atoms with Gasteiger partial charge in [0, 0.05) is 26.1 Å². The Morgan fingerprint density at radius 1 is 1.09 bits per heavy atom. The third-order valence-corrected chi connectivity index (χ3v) is 7.45. The average Bonchev–Trinajstić information content (AvgIpc) is 2.97. The molecule has 0 spiro atoms. The van der Waals surface area contributed by atoms with Crippen LogP contribution < -0.4 is 5.32 Å². The van der Waals surface area contributed by atoms with Crippen LogP contribution in [0.15, 0.2) is 53.4 Å². The van der Waals surface area contributed by atoms with E-state index < -0.39 is 27.9 Å². The van der Waals surface area contributed by atoms with E-state index in [0.717, 1.165) is 15.4 Å². The summed E-state index contributed by atoms with van der Waals surface area (Å²) in [5, 5.41) is 2.77. The van der Waals surface area contributed by atoms with Crippen LogP contribution in [0.5, 0.6) is 0 Å². The fraction of sp³-hybridized carbons (Fsp3) is 0.375. The summed E-state index contributed by atoms with van der Waals surface area (Å²) in [5.74, 6) is -1.30. The van der Waals surface area contributed by atoms with Gasteiger partial charge in [-0.1, -0.05) is 48.9 Å². The fourth-order valence-corrected chi connectivity index (χ4v) is 5.58. The van der Waals surface area contributed by atoms with Crippen molar-refractivity contribution in [3.63, 3.8) is 0 Å². The van der Waals surface area contributed by atoms with Gasteiger partial charge in [0.25, 0.3) is 15.9 Å². The Kier molecular flexibility index (Phi) is 7.53. The molecule has 0 radical (unpaired) electrons. The van der Waals surface area contributed by atoms with Crippen LogP contribution in [0.2, 0.25) is 0 Å². The highest BCUT2D eigenvalue weighted by molar-refractivity contribution is 7.90. The molecule has 33 heavy (non-hydrogen) atoms. The van der Waals surface area contributed by atoms with Crippen molar-refractivity contribution < 1.29 is 22.8 Å². The quantitative estimate of drug-likeness (QED) is 0.605. The molecule has 0 fully saturated rings. The second kappa shape index (κ2) is 10.2. The lowest BCUT2D eigenvalue weighted by Crippen LogP contribution is -2.49. The molecule has 0 saturated carbocycles. The fourth-order valence-electron chi connectivity index (χ4n) is 4.01. The molecule has 1 aliphatic rings. The van der Waals surface area contributed by atoms with Crippen LogP contribution in [0.25, 0.3) is 0 Å². The van der Waals surface area contributed by atoms with Gasteiger partial charge in [-0.3, -0.25) is 14.4 Å². The molecule has 3 amide bonds. The first-order chi connectivity index (χ1) is 15.7. The first-order valence-electron chi connectivity index (χ1n) is 11.0. The molecule has 1 N–H and O–H groups in total. The Hall–Kier alpha value is -3.20. The van der Waals surface area contributed by atoms with Gasteiger partial charge in [0.15, 0.2) is 0 Å². The maximum absolute atomic E-state index is 13.3. The molecule has 0 bridgehead atoms. The zero-order valence-electron chi connectivity index (χ0n) is 19.1. The molecular formula is C24H29N3O5S. The van der Waals surface area contributed by atoms with E-state index in [1.165, 1.54) is 17.0 Å². The van der Waals surface area contributed by atoms with Crippen molar-refractivity contribution in [3.05, 3.63) is 65.2 Å². The van der Waals surface area contributed by atoms with E-state index in [1.54, 1.807) is 19.1 Å². The number of carbonyl (C=O) groups excluding carboxylic acids is 3. The molecule has 3 rings (SSSR count). The minimum Gasteiger partial charge on any atom is -0.355 e. The number of aryl methyl sites for hydroxylation is 1. The highest BCUT2D eigenvalue weighted by atomic mass is 32.2. The Bertz CT molecular complexity index is 1160. The zero-order chi connectivity index (χ0) is 24.2. The Balaban J connectivity index is 1.83. The predicted molar refractivity (Wildman–Crippen MR) is 124 cm³/mol. The Morgan fingerprint density at radius 2 is 1.82 bits per heavy atom. The van der Waals surface area contributed by atoms with E-state index in [4.69, 9.17) is 0 Å². The number of hydrogen-bond donors (Lipinski definition) is 1. The van der Waals surface area contributed by atoms with Gasteiger partial charge in [-0.05, 0) is 38.0 Å². The molecule has 8 nitrogen and oxygen atoms in total. The third kappa shape index (κ3) is 5.08. The van der Waals surface area contributed by atoms with E-state index in [2.05, 4.69) is 5.32 Å². The van der Waals surface area contributed by atoms with E-state index in [0.29, 0.717) is 13.0 Å². The van der Waals surface area contributed by atoms with Gasteiger partial charge < -0.3 is 10.2 Å². The van der Waals surface area contributed by atoms with E-state index >= 15 is 0 Å². The Labute approximate surface area is 194 Å². The van der Waals surface area contributed by atoms with E-state index in [1.807, 2.05) is 38.1 Å². The number of sulfonamides is 1. The normalized spacial score (nSPS) is 15.1. The van der Waals surface area contributed by atoms with Crippen LogP contribution in [0.1, 0.15) is 48.2 Å². The van der Waals surface area contributed by atoms with Gasteiger partial charge in [-0.2, -0.15) is 0 Å². The lowest BCUT2D eigenvalue weighted by atomic mass is 10.1. The van der Waals surface area contributed by atoms with Crippen molar-refractivity contribution in [1.29, 1.82) is 0 Å². The number of rotatable bonds is 9. The lowest BCUT2D eigenvalue weighted by molar-refractivity contribution is -0.141. The van der Waals surface area contributed by atoms with E-state index in [-0.39, 0.29) is 35.9 Å². The number of amides is 3. The largest absolute Gasteiger partial charge is 0.355 e. The summed E-state index contributed by atoms with van der Waals surface area (Å²) in [6.07, 6.45) is 0.177. The van der Waals surface area contributed by atoms with Crippen molar-refractivity contribution in [2.24, 2.45) is 0 Å². The van der Waals surface area contributed by atoms with Crippen molar-refractivity contribution in [2.75, 3.05) is 13.1 Å². The molecule has 0 saturated heterocycles. The van der Waals surface area contributed by atoms with Crippen LogP contribution in [0.4, 0.5) is 0 Å². The summed E-state index contributed by atoms with van der Waals surface area (Å²) in [7, 11) is -4.00. The number of nitrogens with one attached hydrogen (secondary N) is 1. The summed E-state index contributed by atoms with van der Waals surface area (Å²) >= 11 is 0. The van der Waals surface area contributed by atoms with Crippen molar-refractivity contribution in [1.82, 2.24) is 14.5 Å². The molecule has 0 aromatic heterocycles. The smallest absolute Gasteiger partial charge is 0.269 e. The average molecular weight is 472 g/mol. The first kappa shape index (κ1) is 24.4. The van der Waals surface area contributed by atoms with Crippen molar-refractivity contribution in [2.45, 2.75) is 51.1 Å². The molecule has 176 valence electrons. The number of hydrogen-bond acceptors (Lipinski definition) is 5. The molecule has 2 aromatic rings. The monoisotopic (exact) mass is 471 g/mol. The minimum atomic E-state index is -4.00. The summed E-state index contributed by atoms with van der Waals surface area (Å²) < 4.78 is 26.4. The summed E-state index contributed by atoms with van der Waals surface area (Å²) in [6, 6.07) is 12.9. The molecule has 0 aliphatic carbocycles. The van der Waals surface area contributed by atoms with Gasteiger partial charge in [0.2, 0.25) is 11.8 Å². The first-order valence-corrected chi connectivity index (χ1v) is 12.4. The van der Waals surface area contributed by atoms with Crippen LogP contribution in [-0.4, -0.2) is 54.5 Å². The summed E-state index contributed by atoms with van der Waals surface area (Å²) in [6.45, 7) is 5.92. The van der Waals surface area contributed by atoms with Crippen LogP contribution in [-0.2, 0) is 26.2 Å². The maximum Gasteiger partial charge on any atom is 0.269 e. The number of fused-ring (bicyclic) bond motifs is 1. The van der Waals surface area contributed by atoms with Gasteiger partial charge >= 0.3 is 0 Å². The van der Waals surface area contributed by atoms with Crippen LogP contribution in [0.3, 0.4) is 0 Å². The molecule has 1 aliphatic heterocycles. The highest BCUT2D eigenvalue weighted by Crippen LogP contribution is 2.30. The third-order valence-electron chi connectivity index (χ3n) is 5.61. The van der Waals surface area contributed by atoms with Crippen molar-refractivity contribution >= 4 is 27.7 Å². The highest BCUT2D eigenvalue weighted by Gasteiger charge is 2.41. The second-order valence-electron chi connectivity index (χ2n) is 7.96. The summed E-state index contributed by atoms with van der Waals surface area (Å²) in [4.78, 5) is 40.1. The molecule has 9 heteroatoms. The molecular weight excluding hydrogens is 442 g/mol. The number of likely N-dealkylation sites (N-methyl/N-ethyl adjacent to an activating group) is 1.